The molecular formula is C22H22N2O4. The summed E-state index contributed by atoms with van der Waals surface area (Å²) in [5, 5.41) is 5.90. The van der Waals surface area contributed by atoms with Crippen molar-refractivity contribution < 1.29 is 19.0 Å². The standard InChI is InChI=1S/C22H22N2O4/c1-26-20-13-10-17(14-21(20)27-2)24-22(25)15-23-16-8-11-19(12-9-16)28-18-6-4-3-5-7-18/h3-14,23H,15H2,1-2H3,(H,24,25). The van der Waals surface area contributed by atoms with E-state index in [0.717, 1.165) is 17.2 Å². The zero-order valence-corrected chi connectivity index (χ0v) is 15.8. The molecule has 0 aliphatic heterocycles. The van der Waals surface area contributed by atoms with Gasteiger partial charge < -0.3 is 24.8 Å². The van der Waals surface area contributed by atoms with Crippen LogP contribution in [0.3, 0.4) is 0 Å². The molecule has 0 aliphatic carbocycles. The summed E-state index contributed by atoms with van der Waals surface area (Å²) in [4.78, 5) is 12.2. The van der Waals surface area contributed by atoms with E-state index in [1.54, 1.807) is 32.4 Å². The minimum absolute atomic E-state index is 0.132. The van der Waals surface area contributed by atoms with Crippen LogP contribution < -0.4 is 24.8 Å². The molecule has 0 unspecified atom stereocenters. The Bertz CT molecular complexity index is 912. The number of ether oxygens (including phenoxy) is 3. The van der Waals surface area contributed by atoms with E-state index in [-0.39, 0.29) is 12.5 Å². The molecule has 0 heterocycles. The van der Waals surface area contributed by atoms with Crippen molar-refractivity contribution in [2.24, 2.45) is 0 Å². The lowest BCUT2D eigenvalue weighted by molar-refractivity contribution is -0.114. The summed E-state index contributed by atoms with van der Waals surface area (Å²) in [6.07, 6.45) is 0. The number of hydrogen-bond acceptors (Lipinski definition) is 5. The Morgan fingerprint density at radius 1 is 0.786 bits per heavy atom. The maximum absolute atomic E-state index is 12.2. The Balaban J connectivity index is 1.52. The average molecular weight is 378 g/mol. The van der Waals surface area contributed by atoms with Crippen LogP contribution in [0.2, 0.25) is 0 Å². The summed E-state index contributed by atoms with van der Waals surface area (Å²) in [7, 11) is 3.12. The van der Waals surface area contributed by atoms with E-state index >= 15 is 0 Å². The molecule has 6 heteroatoms. The monoisotopic (exact) mass is 378 g/mol. The molecule has 0 spiro atoms. The lowest BCUT2D eigenvalue weighted by Crippen LogP contribution is -2.21. The Morgan fingerprint density at radius 3 is 2.11 bits per heavy atom. The summed E-state index contributed by atoms with van der Waals surface area (Å²) < 4.78 is 16.2. The minimum Gasteiger partial charge on any atom is -0.493 e. The average Bonchev–Trinajstić information content (AvgIpc) is 2.74. The Labute approximate surface area is 164 Å². The summed E-state index contributed by atoms with van der Waals surface area (Å²) in [6, 6.07) is 22.2. The van der Waals surface area contributed by atoms with Gasteiger partial charge in [-0.2, -0.15) is 0 Å². The number of benzene rings is 3. The Morgan fingerprint density at radius 2 is 1.43 bits per heavy atom. The molecule has 0 fully saturated rings. The predicted molar refractivity (Wildman–Crippen MR) is 110 cm³/mol. The number of carbonyl (C=O) groups excluding carboxylic acids is 1. The van der Waals surface area contributed by atoms with Gasteiger partial charge in [-0.1, -0.05) is 18.2 Å². The van der Waals surface area contributed by atoms with Crippen molar-refractivity contribution in [3.8, 4) is 23.0 Å². The molecule has 0 aromatic heterocycles. The van der Waals surface area contributed by atoms with Gasteiger partial charge in [-0.25, -0.2) is 0 Å². The minimum atomic E-state index is -0.170. The molecule has 144 valence electrons. The van der Waals surface area contributed by atoms with Crippen molar-refractivity contribution in [2.45, 2.75) is 0 Å². The third-order valence-corrected chi connectivity index (χ3v) is 3.95. The maximum Gasteiger partial charge on any atom is 0.243 e. The van der Waals surface area contributed by atoms with E-state index in [0.29, 0.717) is 17.2 Å². The van der Waals surface area contributed by atoms with Gasteiger partial charge in [0, 0.05) is 17.4 Å². The van der Waals surface area contributed by atoms with Gasteiger partial charge in [-0.3, -0.25) is 4.79 Å². The lowest BCUT2D eigenvalue weighted by atomic mass is 10.2. The molecule has 0 aliphatic rings. The third kappa shape index (κ3) is 5.17. The van der Waals surface area contributed by atoms with Gasteiger partial charge in [0.1, 0.15) is 11.5 Å². The van der Waals surface area contributed by atoms with Gasteiger partial charge in [0.05, 0.1) is 20.8 Å². The Kier molecular flexibility index (Phi) is 6.36. The largest absolute Gasteiger partial charge is 0.493 e. The number of amides is 1. The van der Waals surface area contributed by atoms with Gasteiger partial charge in [0.2, 0.25) is 5.91 Å². The highest BCUT2D eigenvalue weighted by Gasteiger charge is 2.07. The molecule has 0 radical (unpaired) electrons. The van der Waals surface area contributed by atoms with Crippen molar-refractivity contribution in [1.82, 2.24) is 0 Å². The normalized spacial score (nSPS) is 10.1. The smallest absolute Gasteiger partial charge is 0.243 e. The number of para-hydroxylation sites is 1. The second-order valence-electron chi connectivity index (χ2n) is 5.91. The van der Waals surface area contributed by atoms with Gasteiger partial charge in [0.15, 0.2) is 11.5 Å². The van der Waals surface area contributed by atoms with E-state index in [2.05, 4.69) is 10.6 Å². The second kappa shape index (κ2) is 9.32. The number of anilines is 2. The fourth-order valence-corrected chi connectivity index (χ4v) is 2.57. The zero-order valence-electron chi connectivity index (χ0n) is 15.8. The molecule has 3 aromatic rings. The summed E-state index contributed by atoms with van der Waals surface area (Å²) in [5.41, 5.74) is 1.46. The molecule has 0 saturated heterocycles. The highest BCUT2D eigenvalue weighted by atomic mass is 16.5. The fraction of sp³-hybridized carbons (Fsp3) is 0.136. The molecule has 2 N–H and O–H groups in total. The van der Waals surface area contributed by atoms with Gasteiger partial charge in [-0.05, 0) is 48.5 Å². The van der Waals surface area contributed by atoms with E-state index in [9.17, 15) is 4.79 Å². The first-order valence-electron chi connectivity index (χ1n) is 8.76. The molecular weight excluding hydrogens is 356 g/mol. The van der Waals surface area contributed by atoms with Crippen molar-refractivity contribution in [1.29, 1.82) is 0 Å². The first-order valence-corrected chi connectivity index (χ1v) is 8.76. The van der Waals surface area contributed by atoms with Crippen LogP contribution in [0, 0.1) is 0 Å². The van der Waals surface area contributed by atoms with Crippen LogP contribution in [-0.2, 0) is 4.79 Å². The summed E-state index contributed by atoms with van der Waals surface area (Å²) >= 11 is 0. The Hall–Kier alpha value is -3.67. The van der Waals surface area contributed by atoms with Gasteiger partial charge >= 0.3 is 0 Å². The fourth-order valence-electron chi connectivity index (χ4n) is 2.57. The van der Waals surface area contributed by atoms with Gasteiger partial charge in [-0.15, -0.1) is 0 Å². The molecule has 0 atom stereocenters. The van der Waals surface area contributed by atoms with Crippen LogP contribution in [0.25, 0.3) is 0 Å². The first kappa shape index (κ1) is 19.1. The van der Waals surface area contributed by atoms with Crippen LogP contribution in [0.4, 0.5) is 11.4 Å². The van der Waals surface area contributed by atoms with Crippen molar-refractivity contribution >= 4 is 17.3 Å². The summed E-state index contributed by atoms with van der Waals surface area (Å²) in [6.45, 7) is 0.132. The SMILES string of the molecule is COc1ccc(NC(=O)CNc2ccc(Oc3ccccc3)cc2)cc1OC. The second-order valence-corrected chi connectivity index (χ2v) is 5.91. The van der Waals surface area contributed by atoms with E-state index in [1.807, 2.05) is 54.6 Å². The molecule has 3 rings (SSSR count). The van der Waals surface area contributed by atoms with E-state index in [4.69, 9.17) is 14.2 Å². The lowest BCUT2D eigenvalue weighted by Gasteiger charge is -2.11. The van der Waals surface area contributed by atoms with Crippen molar-refractivity contribution in [2.75, 3.05) is 31.4 Å². The molecule has 0 bridgehead atoms. The summed E-state index contributed by atoms with van der Waals surface area (Å²) in [5.74, 6) is 2.50. The third-order valence-electron chi connectivity index (χ3n) is 3.95. The van der Waals surface area contributed by atoms with Crippen LogP contribution >= 0.6 is 0 Å². The van der Waals surface area contributed by atoms with E-state index < -0.39 is 0 Å². The van der Waals surface area contributed by atoms with Crippen LogP contribution in [0.15, 0.2) is 72.8 Å². The van der Waals surface area contributed by atoms with Gasteiger partial charge in [0.25, 0.3) is 0 Å². The van der Waals surface area contributed by atoms with Crippen LogP contribution in [0.5, 0.6) is 23.0 Å². The van der Waals surface area contributed by atoms with E-state index in [1.165, 1.54) is 0 Å². The maximum atomic E-state index is 12.2. The molecule has 0 saturated carbocycles. The number of carbonyl (C=O) groups is 1. The quantitative estimate of drug-likeness (QED) is 0.602. The van der Waals surface area contributed by atoms with Crippen LogP contribution in [-0.4, -0.2) is 26.7 Å². The predicted octanol–water partition coefficient (Wildman–Crippen LogP) is 4.55. The highest BCUT2D eigenvalue weighted by molar-refractivity contribution is 5.94. The number of rotatable bonds is 8. The number of methoxy groups -OCH3 is 2. The zero-order chi connectivity index (χ0) is 19.8. The topological polar surface area (TPSA) is 68.8 Å². The van der Waals surface area contributed by atoms with Crippen molar-refractivity contribution in [3.05, 3.63) is 72.8 Å². The molecule has 28 heavy (non-hydrogen) atoms. The highest BCUT2D eigenvalue weighted by Crippen LogP contribution is 2.29. The molecule has 3 aromatic carbocycles. The first-order chi connectivity index (χ1) is 13.7. The van der Waals surface area contributed by atoms with Crippen LogP contribution in [0.1, 0.15) is 0 Å². The van der Waals surface area contributed by atoms with Crippen molar-refractivity contribution in [3.63, 3.8) is 0 Å². The number of hydrogen-bond donors (Lipinski definition) is 2. The number of nitrogens with one attached hydrogen (secondary N) is 2. The molecule has 1 amide bonds. The molecule has 6 nitrogen and oxygen atoms in total.